The van der Waals surface area contributed by atoms with Crippen LogP contribution in [0.5, 0.6) is 0 Å². The molecular formula is C22H25N3O2S. The molecule has 0 fully saturated rings. The van der Waals surface area contributed by atoms with Gasteiger partial charge in [-0.2, -0.15) is 0 Å². The highest BCUT2D eigenvalue weighted by atomic mass is 32.2. The quantitative estimate of drug-likeness (QED) is 0.441. The maximum absolute atomic E-state index is 13.0. The second kappa shape index (κ2) is 9.06. The molecule has 0 aliphatic carbocycles. The second-order valence-corrected chi connectivity index (χ2v) is 8.02. The van der Waals surface area contributed by atoms with Gasteiger partial charge in [0.15, 0.2) is 5.16 Å². The summed E-state index contributed by atoms with van der Waals surface area (Å²) in [6.45, 7) is 4.55. The number of para-hydroxylation sites is 2. The summed E-state index contributed by atoms with van der Waals surface area (Å²) in [7, 11) is 1.77. The Morgan fingerprint density at radius 2 is 1.82 bits per heavy atom. The molecule has 0 bridgehead atoms. The first-order valence-electron chi connectivity index (χ1n) is 9.51. The fraction of sp³-hybridized carbons (Fsp3) is 0.318. The molecule has 0 saturated carbocycles. The molecule has 1 atom stereocenters. The van der Waals surface area contributed by atoms with Gasteiger partial charge >= 0.3 is 0 Å². The van der Waals surface area contributed by atoms with E-state index in [2.05, 4.69) is 6.92 Å². The number of hydrogen-bond acceptors (Lipinski definition) is 4. The van der Waals surface area contributed by atoms with Crippen LogP contribution in [0, 0.1) is 0 Å². The molecule has 3 aromatic rings. The molecule has 0 aliphatic heterocycles. The number of aromatic nitrogens is 2. The molecule has 0 unspecified atom stereocenters. The van der Waals surface area contributed by atoms with Gasteiger partial charge in [-0.3, -0.25) is 14.2 Å². The van der Waals surface area contributed by atoms with Crippen molar-refractivity contribution in [3.8, 4) is 0 Å². The van der Waals surface area contributed by atoms with E-state index in [1.165, 1.54) is 11.8 Å². The third kappa shape index (κ3) is 4.28. The van der Waals surface area contributed by atoms with Crippen molar-refractivity contribution < 1.29 is 4.79 Å². The van der Waals surface area contributed by atoms with Crippen LogP contribution in [0.4, 0.5) is 5.69 Å². The molecule has 28 heavy (non-hydrogen) atoms. The Morgan fingerprint density at radius 3 is 2.54 bits per heavy atom. The minimum atomic E-state index is -0.369. The van der Waals surface area contributed by atoms with Gasteiger partial charge in [-0.1, -0.05) is 55.4 Å². The molecule has 1 heterocycles. The maximum atomic E-state index is 13.0. The molecule has 0 saturated heterocycles. The molecule has 0 aliphatic rings. The molecule has 0 radical (unpaired) electrons. The first-order chi connectivity index (χ1) is 13.5. The summed E-state index contributed by atoms with van der Waals surface area (Å²) >= 11 is 1.34. The molecule has 5 nitrogen and oxygen atoms in total. The van der Waals surface area contributed by atoms with Gasteiger partial charge in [0.1, 0.15) is 0 Å². The van der Waals surface area contributed by atoms with Gasteiger partial charge in [-0.25, -0.2) is 4.98 Å². The Labute approximate surface area is 169 Å². The lowest BCUT2D eigenvalue weighted by Gasteiger charge is -2.22. The topological polar surface area (TPSA) is 55.2 Å². The van der Waals surface area contributed by atoms with E-state index in [1.807, 2.05) is 55.5 Å². The summed E-state index contributed by atoms with van der Waals surface area (Å²) in [5, 5.41) is 0.842. The standard InChI is InChI=1S/C22H25N3O2S/c1-4-5-15-25-21(27)18-13-9-10-14-19(18)23-22(25)28-16(2)20(26)24(3)17-11-7-6-8-12-17/h6-14,16H,4-5,15H2,1-3H3/t16-/m0/s1. The normalized spacial score (nSPS) is 12.1. The van der Waals surface area contributed by atoms with Crippen LogP contribution >= 0.6 is 11.8 Å². The van der Waals surface area contributed by atoms with Crippen LogP contribution in [0.15, 0.2) is 64.5 Å². The highest BCUT2D eigenvalue weighted by Crippen LogP contribution is 2.25. The fourth-order valence-corrected chi connectivity index (χ4v) is 4.04. The van der Waals surface area contributed by atoms with Crippen molar-refractivity contribution in [1.29, 1.82) is 0 Å². The minimum absolute atomic E-state index is 0.0272. The number of benzene rings is 2. The van der Waals surface area contributed by atoms with Gasteiger partial charge in [-0.05, 0) is 37.6 Å². The van der Waals surface area contributed by atoms with E-state index < -0.39 is 0 Å². The summed E-state index contributed by atoms with van der Waals surface area (Å²) < 4.78 is 1.71. The van der Waals surface area contributed by atoms with Crippen molar-refractivity contribution in [2.45, 2.75) is 43.6 Å². The number of thioether (sulfide) groups is 1. The average molecular weight is 396 g/mol. The number of amides is 1. The Morgan fingerprint density at radius 1 is 1.14 bits per heavy atom. The van der Waals surface area contributed by atoms with E-state index in [-0.39, 0.29) is 16.7 Å². The SMILES string of the molecule is CCCCn1c(S[C@@H](C)C(=O)N(C)c2ccccc2)nc2ccccc2c1=O. The predicted octanol–water partition coefficient (Wildman–Crippen LogP) is 4.34. The fourth-order valence-electron chi connectivity index (χ4n) is 3.01. The number of nitrogens with zero attached hydrogens (tertiary/aromatic N) is 3. The smallest absolute Gasteiger partial charge is 0.262 e. The van der Waals surface area contributed by atoms with Crippen LogP contribution in [-0.2, 0) is 11.3 Å². The zero-order valence-electron chi connectivity index (χ0n) is 16.5. The molecule has 0 spiro atoms. The molecule has 0 N–H and O–H groups in total. The van der Waals surface area contributed by atoms with E-state index in [9.17, 15) is 9.59 Å². The van der Waals surface area contributed by atoms with Crippen molar-refractivity contribution in [2.75, 3.05) is 11.9 Å². The Hall–Kier alpha value is -2.60. The van der Waals surface area contributed by atoms with E-state index in [1.54, 1.807) is 22.6 Å². The van der Waals surface area contributed by atoms with E-state index in [0.717, 1.165) is 18.5 Å². The van der Waals surface area contributed by atoms with Crippen molar-refractivity contribution in [2.24, 2.45) is 0 Å². The molecule has 3 rings (SSSR count). The summed E-state index contributed by atoms with van der Waals surface area (Å²) in [4.78, 5) is 32.2. The van der Waals surface area contributed by atoms with E-state index in [0.29, 0.717) is 22.6 Å². The molecular weight excluding hydrogens is 370 g/mol. The Bertz CT molecular complexity index is 1020. The number of fused-ring (bicyclic) bond motifs is 1. The predicted molar refractivity (Wildman–Crippen MR) is 116 cm³/mol. The Balaban J connectivity index is 1.91. The van der Waals surface area contributed by atoms with Gasteiger partial charge in [0, 0.05) is 19.3 Å². The number of hydrogen-bond donors (Lipinski definition) is 0. The number of carbonyl (C=O) groups is 1. The number of carbonyl (C=O) groups excluding carboxylic acids is 1. The summed E-state index contributed by atoms with van der Waals surface area (Å²) in [5.74, 6) is -0.0272. The minimum Gasteiger partial charge on any atom is -0.315 e. The van der Waals surface area contributed by atoms with Gasteiger partial charge in [-0.15, -0.1) is 0 Å². The van der Waals surface area contributed by atoms with E-state index in [4.69, 9.17) is 4.98 Å². The van der Waals surface area contributed by atoms with Crippen molar-refractivity contribution in [3.63, 3.8) is 0 Å². The third-order valence-electron chi connectivity index (χ3n) is 4.67. The summed E-state index contributed by atoms with van der Waals surface area (Å²) in [5.41, 5.74) is 1.46. The lowest BCUT2D eigenvalue weighted by atomic mass is 10.2. The first kappa shape index (κ1) is 20.1. The molecule has 1 amide bonds. The van der Waals surface area contributed by atoms with Crippen LogP contribution in [0.1, 0.15) is 26.7 Å². The lowest BCUT2D eigenvalue weighted by molar-refractivity contribution is -0.117. The highest BCUT2D eigenvalue weighted by Gasteiger charge is 2.22. The van der Waals surface area contributed by atoms with E-state index >= 15 is 0 Å². The van der Waals surface area contributed by atoms with Crippen LogP contribution in [0.2, 0.25) is 0 Å². The third-order valence-corrected chi connectivity index (χ3v) is 5.74. The number of unbranched alkanes of at least 4 members (excludes halogenated alkanes) is 1. The van der Waals surface area contributed by atoms with Crippen molar-refractivity contribution in [3.05, 3.63) is 65.0 Å². The van der Waals surface area contributed by atoms with Crippen molar-refractivity contribution >= 4 is 34.3 Å². The van der Waals surface area contributed by atoms with Gasteiger partial charge < -0.3 is 4.90 Å². The number of rotatable bonds is 7. The lowest BCUT2D eigenvalue weighted by Crippen LogP contribution is -2.34. The zero-order valence-corrected chi connectivity index (χ0v) is 17.3. The molecule has 6 heteroatoms. The number of anilines is 1. The zero-order chi connectivity index (χ0) is 20.1. The first-order valence-corrected chi connectivity index (χ1v) is 10.4. The van der Waals surface area contributed by atoms with Crippen LogP contribution in [0.3, 0.4) is 0 Å². The van der Waals surface area contributed by atoms with Gasteiger partial charge in [0.05, 0.1) is 16.2 Å². The van der Waals surface area contributed by atoms with Gasteiger partial charge in [0.25, 0.3) is 5.56 Å². The molecule has 146 valence electrons. The maximum Gasteiger partial charge on any atom is 0.262 e. The van der Waals surface area contributed by atoms with Crippen molar-refractivity contribution in [1.82, 2.24) is 9.55 Å². The highest BCUT2D eigenvalue weighted by molar-refractivity contribution is 8.00. The second-order valence-electron chi connectivity index (χ2n) is 6.71. The monoisotopic (exact) mass is 395 g/mol. The van der Waals surface area contributed by atoms with Crippen LogP contribution in [0.25, 0.3) is 10.9 Å². The summed E-state index contributed by atoms with van der Waals surface area (Å²) in [6.07, 6.45) is 1.87. The van der Waals surface area contributed by atoms with Crippen LogP contribution < -0.4 is 10.5 Å². The Kier molecular flexibility index (Phi) is 6.52. The van der Waals surface area contributed by atoms with Gasteiger partial charge in [0.2, 0.25) is 5.91 Å². The molecule has 1 aromatic heterocycles. The van der Waals surface area contributed by atoms with Crippen LogP contribution in [-0.4, -0.2) is 27.8 Å². The largest absolute Gasteiger partial charge is 0.315 e. The molecule has 2 aromatic carbocycles. The average Bonchev–Trinajstić information content (AvgIpc) is 2.73. The summed E-state index contributed by atoms with van der Waals surface area (Å²) in [6, 6.07) is 16.9.